The van der Waals surface area contributed by atoms with Crippen molar-refractivity contribution in [2.75, 3.05) is 19.0 Å². The lowest BCUT2D eigenvalue weighted by molar-refractivity contribution is 0.407. The fourth-order valence-electron chi connectivity index (χ4n) is 2.85. The molecule has 3 rings (SSSR count). The van der Waals surface area contributed by atoms with Gasteiger partial charge in [-0.05, 0) is 59.0 Å². The van der Waals surface area contributed by atoms with Gasteiger partial charge in [0.05, 0.1) is 7.11 Å². The molecule has 1 heterocycles. The SMILES string of the molecule is COc1ccc(/C=C2/CNc3ccc(Cl)cc32)cc1C(C)C. The molecule has 0 saturated heterocycles. The number of halogens is 1. The average Bonchev–Trinajstić information content (AvgIpc) is 2.89. The molecule has 0 aromatic heterocycles. The van der Waals surface area contributed by atoms with Gasteiger partial charge < -0.3 is 10.1 Å². The molecular formula is C19H20ClNO. The summed E-state index contributed by atoms with van der Waals surface area (Å²) in [6, 6.07) is 12.3. The maximum absolute atomic E-state index is 6.13. The number of anilines is 1. The Morgan fingerprint density at radius 3 is 2.73 bits per heavy atom. The zero-order valence-corrected chi connectivity index (χ0v) is 13.9. The Kier molecular flexibility index (Phi) is 4.12. The minimum atomic E-state index is 0.428. The van der Waals surface area contributed by atoms with E-state index in [4.69, 9.17) is 16.3 Å². The Hall–Kier alpha value is -1.93. The molecule has 0 saturated carbocycles. The number of benzene rings is 2. The Labute approximate surface area is 136 Å². The Bertz CT molecular complexity index is 734. The van der Waals surface area contributed by atoms with Crippen molar-refractivity contribution in [1.82, 2.24) is 0 Å². The van der Waals surface area contributed by atoms with Gasteiger partial charge in [0.2, 0.25) is 0 Å². The van der Waals surface area contributed by atoms with Crippen molar-refractivity contribution in [2.45, 2.75) is 19.8 Å². The number of methoxy groups -OCH3 is 1. The van der Waals surface area contributed by atoms with Crippen LogP contribution in [0.1, 0.15) is 36.5 Å². The lowest BCUT2D eigenvalue weighted by Crippen LogP contribution is -1.95. The Balaban J connectivity index is 2.01. The summed E-state index contributed by atoms with van der Waals surface area (Å²) in [4.78, 5) is 0. The molecule has 1 N–H and O–H groups in total. The monoisotopic (exact) mass is 313 g/mol. The van der Waals surface area contributed by atoms with Gasteiger partial charge in [0, 0.05) is 22.8 Å². The molecule has 2 aromatic carbocycles. The maximum atomic E-state index is 6.13. The molecule has 2 nitrogen and oxygen atoms in total. The Morgan fingerprint density at radius 1 is 1.18 bits per heavy atom. The molecule has 3 heteroatoms. The van der Waals surface area contributed by atoms with Crippen LogP contribution in [0.2, 0.25) is 5.02 Å². The third-order valence-corrected chi connectivity index (χ3v) is 4.25. The number of hydrogen-bond acceptors (Lipinski definition) is 2. The van der Waals surface area contributed by atoms with Crippen molar-refractivity contribution in [2.24, 2.45) is 0 Å². The molecule has 2 aromatic rings. The van der Waals surface area contributed by atoms with Gasteiger partial charge in [-0.15, -0.1) is 0 Å². The van der Waals surface area contributed by atoms with Gasteiger partial charge in [-0.1, -0.05) is 31.5 Å². The molecule has 0 atom stereocenters. The second-order valence-electron chi connectivity index (χ2n) is 5.87. The van der Waals surface area contributed by atoms with E-state index in [9.17, 15) is 0 Å². The predicted octanol–water partition coefficient (Wildman–Crippen LogP) is 5.44. The van der Waals surface area contributed by atoms with Crippen LogP contribution in [-0.2, 0) is 0 Å². The summed E-state index contributed by atoms with van der Waals surface area (Å²) in [6.07, 6.45) is 2.22. The van der Waals surface area contributed by atoms with E-state index in [1.165, 1.54) is 22.3 Å². The zero-order valence-electron chi connectivity index (χ0n) is 13.1. The van der Waals surface area contributed by atoms with E-state index in [2.05, 4.69) is 37.4 Å². The number of ether oxygens (including phenoxy) is 1. The summed E-state index contributed by atoms with van der Waals surface area (Å²) in [5.41, 5.74) is 6.02. The van der Waals surface area contributed by atoms with Gasteiger partial charge >= 0.3 is 0 Å². The first-order valence-electron chi connectivity index (χ1n) is 7.51. The molecule has 0 aliphatic carbocycles. The molecule has 1 aliphatic heterocycles. The van der Waals surface area contributed by atoms with Crippen LogP contribution in [0.25, 0.3) is 11.6 Å². The minimum absolute atomic E-state index is 0.428. The van der Waals surface area contributed by atoms with Crippen molar-refractivity contribution in [3.63, 3.8) is 0 Å². The zero-order chi connectivity index (χ0) is 15.7. The van der Waals surface area contributed by atoms with Crippen LogP contribution < -0.4 is 10.1 Å². The summed E-state index contributed by atoms with van der Waals surface area (Å²) in [5, 5.41) is 4.18. The van der Waals surface area contributed by atoms with Gasteiger partial charge in [-0.2, -0.15) is 0 Å². The number of rotatable bonds is 3. The van der Waals surface area contributed by atoms with E-state index in [1.807, 2.05) is 24.3 Å². The second kappa shape index (κ2) is 6.05. The molecule has 22 heavy (non-hydrogen) atoms. The second-order valence-corrected chi connectivity index (χ2v) is 6.31. The summed E-state index contributed by atoms with van der Waals surface area (Å²) >= 11 is 6.13. The third kappa shape index (κ3) is 2.84. The predicted molar refractivity (Wildman–Crippen MR) is 94.9 cm³/mol. The van der Waals surface area contributed by atoms with Gasteiger partial charge in [0.15, 0.2) is 0 Å². The van der Waals surface area contributed by atoms with E-state index >= 15 is 0 Å². The molecule has 0 bridgehead atoms. The first-order chi connectivity index (χ1) is 10.6. The van der Waals surface area contributed by atoms with Crippen LogP contribution >= 0.6 is 11.6 Å². The standard InChI is InChI=1S/C19H20ClNO/c1-12(2)16-9-13(4-7-19(16)22-3)8-14-11-21-18-6-5-15(20)10-17(14)18/h4-10,12,21H,11H2,1-3H3/b14-8-. The molecule has 1 aliphatic rings. The normalized spacial score (nSPS) is 15.0. The number of fused-ring (bicyclic) bond motifs is 1. The van der Waals surface area contributed by atoms with Crippen LogP contribution in [0, 0.1) is 0 Å². The quantitative estimate of drug-likeness (QED) is 0.815. The highest BCUT2D eigenvalue weighted by molar-refractivity contribution is 6.31. The highest BCUT2D eigenvalue weighted by atomic mass is 35.5. The smallest absolute Gasteiger partial charge is 0.122 e. The van der Waals surface area contributed by atoms with Crippen LogP contribution in [0.3, 0.4) is 0 Å². The van der Waals surface area contributed by atoms with Gasteiger partial charge in [0.1, 0.15) is 5.75 Å². The van der Waals surface area contributed by atoms with Crippen molar-refractivity contribution in [3.8, 4) is 5.75 Å². The van der Waals surface area contributed by atoms with Gasteiger partial charge in [-0.25, -0.2) is 0 Å². The highest BCUT2D eigenvalue weighted by Crippen LogP contribution is 2.35. The highest BCUT2D eigenvalue weighted by Gasteiger charge is 2.16. The molecular weight excluding hydrogens is 294 g/mol. The molecule has 114 valence electrons. The lowest BCUT2D eigenvalue weighted by Gasteiger charge is -2.12. The van der Waals surface area contributed by atoms with Crippen LogP contribution in [-0.4, -0.2) is 13.7 Å². The summed E-state index contributed by atoms with van der Waals surface area (Å²) in [7, 11) is 1.72. The van der Waals surface area contributed by atoms with E-state index in [1.54, 1.807) is 7.11 Å². The summed E-state index contributed by atoms with van der Waals surface area (Å²) in [6.45, 7) is 5.20. The maximum Gasteiger partial charge on any atom is 0.122 e. The van der Waals surface area contributed by atoms with E-state index in [0.717, 1.165) is 23.0 Å². The molecule has 0 spiro atoms. The third-order valence-electron chi connectivity index (χ3n) is 4.01. The first kappa shape index (κ1) is 15.0. The van der Waals surface area contributed by atoms with Gasteiger partial charge in [0.25, 0.3) is 0 Å². The molecule has 0 amide bonds. The largest absolute Gasteiger partial charge is 0.496 e. The van der Waals surface area contributed by atoms with Crippen molar-refractivity contribution in [1.29, 1.82) is 0 Å². The van der Waals surface area contributed by atoms with Crippen molar-refractivity contribution < 1.29 is 4.74 Å². The van der Waals surface area contributed by atoms with Gasteiger partial charge in [-0.3, -0.25) is 0 Å². The summed E-state index contributed by atoms with van der Waals surface area (Å²) < 4.78 is 5.45. The Morgan fingerprint density at radius 2 is 2.00 bits per heavy atom. The lowest BCUT2D eigenvalue weighted by atomic mass is 9.97. The fourth-order valence-corrected chi connectivity index (χ4v) is 3.02. The van der Waals surface area contributed by atoms with E-state index < -0.39 is 0 Å². The van der Waals surface area contributed by atoms with Crippen LogP contribution in [0.5, 0.6) is 5.75 Å². The van der Waals surface area contributed by atoms with E-state index in [0.29, 0.717) is 5.92 Å². The van der Waals surface area contributed by atoms with Crippen LogP contribution in [0.15, 0.2) is 36.4 Å². The minimum Gasteiger partial charge on any atom is -0.496 e. The molecule has 0 fully saturated rings. The average molecular weight is 314 g/mol. The number of hydrogen-bond donors (Lipinski definition) is 1. The van der Waals surface area contributed by atoms with Crippen LogP contribution in [0.4, 0.5) is 5.69 Å². The fraction of sp³-hybridized carbons (Fsp3) is 0.263. The molecule has 0 unspecified atom stereocenters. The number of nitrogens with one attached hydrogen (secondary N) is 1. The first-order valence-corrected chi connectivity index (χ1v) is 7.88. The summed E-state index contributed by atoms with van der Waals surface area (Å²) in [5.74, 6) is 1.38. The topological polar surface area (TPSA) is 21.3 Å². The van der Waals surface area contributed by atoms with Crippen molar-refractivity contribution in [3.05, 3.63) is 58.1 Å². The molecule has 0 radical (unpaired) electrons. The van der Waals surface area contributed by atoms with E-state index in [-0.39, 0.29) is 0 Å². The van der Waals surface area contributed by atoms with Crippen molar-refractivity contribution >= 4 is 28.9 Å².